The largest absolute Gasteiger partial charge is 0.403 e. The third-order valence-electron chi connectivity index (χ3n) is 7.85. The molecule has 2 aliphatic carbocycles. The van der Waals surface area contributed by atoms with E-state index in [1.807, 2.05) is 0 Å². The van der Waals surface area contributed by atoms with Gasteiger partial charge in [-0.25, -0.2) is 0 Å². The number of fused-ring (bicyclic) bond motifs is 3. The quantitative estimate of drug-likeness (QED) is 0.465. The molecular formula is C23H34O3Si. The SMILES string of the molecule is CC1=CC2=C[C@@H]3O[C@@]2(C1)C(=O)[C@@]1(O[Si](C)(C)C(C)(C)C)CC(C)=C(C)C[C@@H]31. The Morgan fingerprint density at radius 2 is 1.81 bits per heavy atom. The van der Waals surface area contributed by atoms with Gasteiger partial charge >= 0.3 is 0 Å². The van der Waals surface area contributed by atoms with Crippen molar-refractivity contribution in [2.75, 3.05) is 0 Å². The van der Waals surface area contributed by atoms with Crippen molar-refractivity contribution in [2.24, 2.45) is 5.92 Å². The van der Waals surface area contributed by atoms with Crippen LogP contribution in [0.25, 0.3) is 0 Å². The molecule has 0 amide bonds. The highest BCUT2D eigenvalue weighted by molar-refractivity contribution is 6.74. The van der Waals surface area contributed by atoms with Gasteiger partial charge in [-0.15, -0.1) is 0 Å². The van der Waals surface area contributed by atoms with Crippen molar-refractivity contribution in [3.05, 3.63) is 34.4 Å². The van der Waals surface area contributed by atoms with E-state index in [4.69, 9.17) is 9.16 Å². The molecule has 1 fully saturated rings. The molecule has 2 heterocycles. The van der Waals surface area contributed by atoms with E-state index in [2.05, 4.69) is 66.8 Å². The fraction of sp³-hybridized carbons (Fsp3) is 0.696. The van der Waals surface area contributed by atoms with Gasteiger partial charge in [-0.1, -0.05) is 43.6 Å². The van der Waals surface area contributed by atoms with Gasteiger partial charge in [0.25, 0.3) is 0 Å². The zero-order valence-corrected chi connectivity index (χ0v) is 19.2. The Morgan fingerprint density at radius 1 is 1.15 bits per heavy atom. The number of carbonyl (C=O) groups excluding carboxylic acids is 1. The molecule has 0 unspecified atom stereocenters. The maximum absolute atomic E-state index is 14.2. The first-order valence-electron chi connectivity index (χ1n) is 10.3. The van der Waals surface area contributed by atoms with E-state index in [9.17, 15) is 4.79 Å². The molecule has 4 heteroatoms. The van der Waals surface area contributed by atoms with Crippen LogP contribution < -0.4 is 0 Å². The molecule has 148 valence electrons. The number of ketones is 1. The number of rotatable bonds is 2. The minimum absolute atomic E-state index is 0.0186. The van der Waals surface area contributed by atoms with Crippen LogP contribution in [0.4, 0.5) is 0 Å². The molecule has 4 aliphatic rings. The Hall–Kier alpha value is -0.973. The molecule has 0 radical (unpaired) electrons. The number of carbonyl (C=O) groups is 1. The van der Waals surface area contributed by atoms with Crippen molar-refractivity contribution in [3.8, 4) is 0 Å². The number of Topliss-reactive ketones (excluding diaryl/α,β-unsaturated/α-hetero) is 1. The summed E-state index contributed by atoms with van der Waals surface area (Å²) in [6.07, 6.45) is 6.67. The van der Waals surface area contributed by atoms with E-state index in [1.165, 1.54) is 16.7 Å². The fourth-order valence-corrected chi connectivity index (χ4v) is 6.74. The molecule has 2 bridgehead atoms. The summed E-state index contributed by atoms with van der Waals surface area (Å²) in [6.45, 7) is 17.8. The molecule has 3 nitrogen and oxygen atoms in total. The summed E-state index contributed by atoms with van der Waals surface area (Å²) >= 11 is 0. The van der Waals surface area contributed by atoms with Gasteiger partial charge in [-0.05, 0) is 57.0 Å². The second kappa shape index (κ2) is 5.55. The van der Waals surface area contributed by atoms with Gasteiger partial charge in [0.2, 0.25) is 5.78 Å². The zero-order valence-electron chi connectivity index (χ0n) is 18.2. The Kier molecular flexibility index (Phi) is 3.98. The smallest absolute Gasteiger partial charge is 0.200 e. The van der Waals surface area contributed by atoms with Crippen molar-refractivity contribution in [2.45, 2.75) is 96.2 Å². The summed E-state index contributed by atoms with van der Waals surface area (Å²) in [6, 6.07) is 0. The molecule has 0 aromatic carbocycles. The van der Waals surface area contributed by atoms with Gasteiger partial charge in [0, 0.05) is 18.8 Å². The monoisotopic (exact) mass is 386 g/mol. The molecule has 2 aliphatic heterocycles. The van der Waals surface area contributed by atoms with Crippen LogP contribution in [0.2, 0.25) is 18.1 Å². The number of hydrogen-bond donors (Lipinski definition) is 0. The molecule has 4 atom stereocenters. The second-order valence-electron chi connectivity index (χ2n) is 10.8. The third kappa shape index (κ3) is 2.49. The Balaban J connectivity index is 1.86. The first-order valence-corrected chi connectivity index (χ1v) is 13.2. The number of hydrogen-bond acceptors (Lipinski definition) is 3. The lowest BCUT2D eigenvalue weighted by atomic mass is 9.65. The van der Waals surface area contributed by atoms with Crippen LogP contribution in [0.1, 0.15) is 60.8 Å². The molecule has 4 rings (SSSR count). The molecule has 0 N–H and O–H groups in total. The van der Waals surface area contributed by atoms with Crippen molar-refractivity contribution >= 4 is 14.1 Å². The van der Waals surface area contributed by atoms with Crippen molar-refractivity contribution < 1.29 is 14.0 Å². The summed E-state index contributed by atoms with van der Waals surface area (Å²) in [5.41, 5.74) is 3.49. The van der Waals surface area contributed by atoms with E-state index >= 15 is 0 Å². The molecule has 0 aromatic heterocycles. The van der Waals surface area contributed by atoms with Crippen LogP contribution in [0.15, 0.2) is 34.4 Å². The number of allylic oxidation sites excluding steroid dienone is 1. The summed E-state index contributed by atoms with van der Waals surface area (Å²) < 4.78 is 13.6. The van der Waals surface area contributed by atoms with E-state index < -0.39 is 19.5 Å². The predicted molar refractivity (Wildman–Crippen MR) is 111 cm³/mol. The average Bonchev–Trinajstić information content (AvgIpc) is 2.98. The first kappa shape index (κ1) is 19.3. The molecule has 27 heavy (non-hydrogen) atoms. The second-order valence-corrected chi connectivity index (χ2v) is 15.6. The van der Waals surface area contributed by atoms with E-state index in [1.54, 1.807) is 0 Å². The minimum atomic E-state index is -2.14. The van der Waals surface area contributed by atoms with Crippen molar-refractivity contribution in [3.63, 3.8) is 0 Å². The summed E-state index contributed by atoms with van der Waals surface area (Å²) in [5, 5.41) is 0.0613. The van der Waals surface area contributed by atoms with Crippen LogP contribution >= 0.6 is 0 Å². The highest BCUT2D eigenvalue weighted by Crippen LogP contribution is 2.59. The normalized spacial score (nSPS) is 38.6. The predicted octanol–water partition coefficient (Wildman–Crippen LogP) is 5.49. The van der Waals surface area contributed by atoms with Gasteiger partial charge in [-0.3, -0.25) is 4.79 Å². The summed E-state index contributed by atoms with van der Waals surface area (Å²) in [7, 11) is -2.14. The van der Waals surface area contributed by atoms with E-state index in [-0.39, 0.29) is 22.8 Å². The lowest BCUT2D eigenvalue weighted by Crippen LogP contribution is -2.68. The van der Waals surface area contributed by atoms with E-state index in [0.29, 0.717) is 6.42 Å². The molecule has 0 saturated carbocycles. The topological polar surface area (TPSA) is 35.5 Å². The van der Waals surface area contributed by atoms with Crippen molar-refractivity contribution in [1.29, 1.82) is 0 Å². The van der Waals surface area contributed by atoms with Crippen LogP contribution in [-0.4, -0.2) is 31.4 Å². The fourth-order valence-electron chi connectivity index (χ4n) is 5.21. The van der Waals surface area contributed by atoms with Crippen molar-refractivity contribution in [1.82, 2.24) is 0 Å². The van der Waals surface area contributed by atoms with Crippen LogP contribution in [0.3, 0.4) is 0 Å². The third-order valence-corrected chi connectivity index (χ3v) is 12.3. The molecule has 1 saturated heterocycles. The highest BCUT2D eigenvalue weighted by Gasteiger charge is 2.69. The zero-order chi connectivity index (χ0) is 20.0. The highest BCUT2D eigenvalue weighted by atomic mass is 28.4. The first-order chi connectivity index (χ1) is 12.3. The molecule has 1 spiro atoms. The van der Waals surface area contributed by atoms with Gasteiger partial charge in [0.15, 0.2) is 13.9 Å². The maximum Gasteiger partial charge on any atom is 0.200 e. The standard InChI is InChI=1S/C23H34O3Si/c1-14-9-17-11-19-18-10-15(2)16(3)13-23(18,20(24)22(17,12-14)25-19)26-27(7,8)21(4,5)6/h9,11,18-19H,10,12-13H2,1-8H3/t18-,19-,22+,23+/m0/s1. The lowest BCUT2D eigenvalue weighted by Gasteiger charge is -2.56. The Bertz CT molecular complexity index is 810. The minimum Gasteiger partial charge on any atom is -0.403 e. The Labute approximate surface area is 165 Å². The summed E-state index contributed by atoms with van der Waals surface area (Å²) in [5.74, 6) is 0.269. The molecular weight excluding hydrogens is 352 g/mol. The van der Waals surface area contributed by atoms with E-state index in [0.717, 1.165) is 18.4 Å². The van der Waals surface area contributed by atoms with Crippen LogP contribution in [0.5, 0.6) is 0 Å². The van der Waals surface area contributed by atoms with Gasteiger partial charge < -0.3 is 9.16 Å². The van der Waals surface area contributed by atoms with Gasteiger partial charge in [-0.2, -0.15) is 0 Å². The lowest BCUT2D eigenvalue weighted by molar-refractivity contribution is -0.193. The average molecular weight is 387 g/mol. The van der Waals surface area contributed by atoms with Crippen LogP contribution in [0, 0.1) is 5.92 Å². The summed E-state index contributed by atoms with van der Waals surface area (Å²) in [4.78, 5) is 14.2. The molecule has 0 aromatic rings. The van der Waals surface area contributed by atoms with Gasteiger partial charge in [0.05, 0.1) is 6.10 Å². The maximum atomic E-state index is 14.2. The van der Waals surface area contributed by atoms with Crippen LogP contribution in [-0.2, 0) is 14.0 Å². The van der Waals surface area contributed by atoms with Gasteiger partial charge in [0.1, 0.15) is 5.60 Å². The Morgan fingerprint density at radius 3 is 2.44 bits per heavy atom. The number of ether oxygens (including phenoxy) is 1.